The number of aromatic nitrogens is 1. The Kier molecular flexibility index (Phi) is 4.26. The van der Waals surface area contributed by atoms with Gasteiger partial charge in [0.05, 0.1) is 16.3 Å². The monoisotopic (exact) mass is 324 g/mol. The Morgan fingerprint density at radius 2 is 1.96 bits per heavy atom. The molecule has 0 bridgehead atoms. The first kappa shape index (κ1) is 14.7. The van der Waals surface area contributed by atoms with Crippen molar-refractivity contribution in [2.75, 3.05) is 18.5 Å². The van der Waals surface area contributed by atoms with E-state index in [2.05, 4.69) is 53.8 Å². The van der Waals surface area contributed by atoms with Gasteiger partial charge in [0.25, 0.3) is 0 Å². The van der Waals surface area contributed by atoms with Gasteiger partial charge in [-0.15, -0.1) is 0 Å². The summed E-state index contributed by atoms with van der Waals surface area (Å²) in [5, 5.41) is 4.66. The number of fused-ring (bicyclic) bond motifs is 1. The van der Waals surface area contributed by atoms with Crippen LogP contribution in [-0.4, -0.2) is 18.2 Å². The van der Waals surface area contributed by atoms with Gasteiger partial charge in [0.1, 0.15) is 0 Å². The van der Waals surface area contributed by atoms with Crippen LogP contribution < -0.4 is 5.32 Å². The van der Waals surface area contributed by atoms with Crippen molar-refractivity contribution in [1.29, 1.82) is 0 Å². The average molecular weight is 324 g/mol. The van der Waals surface area contributed by atoms with Crippen LogP contribution in [0.2, 0.25) is 0 Å². The van der Waals surface area contributed by atoms with Crippen molar-refractivity contribution in [3.8, 4) is 0 Å². The quantitative estimate of drug-likeness (QED) is 0.726. The fraction of sp³-hybridized carbons (Fsp3) is 0.316. The van der Waals surface area contributed by atoms with Gasteiger partial charge in [0, 0.05) is 13.2 Å². The number of ether oxygens (including phenoxy) is 1. The maximum atomic E-state index is 5.55. The Bertz CT molecular complexity index is 732. The first-order valence-electron chi connectivity index (χ1n) is 8.13. The molecule has 0 radical (unpaired) electrons. The minimum absolute atomic E-state index is 0.281. The molecule has 3 nitrogen and oxygen atoms in total. The summed E-state index contributed by atoms with van der Waals surface area (Å²) in [6.45, 7) is 1.78. The van der Waals surface area contributed by atoms with E-state index in [0.717, 1.165) is 36.7 Å². The van der Waals surface area contributed by atoms with Gasteiger partial charge in [-0.05, 0) is 36.5 Å². The molecule has 1 N–H and O–H groups in total. The molecule has 0 saturated carbocycles. The zero-order chi connectivity index (χ0) is 15.5. The molecule has 1 saturated heterocycles. The fourth-order valence-electron chi connectivity index (χ4n) is 3.15. The molecule has 4 heteroatoms. The number of nitrogens with one attached hydrogen (secondary N) is 1. The lowest BCUT2D eigenvalue weighted by Gasteiger charge is -2.21. The number of rotatable bonds is 5. The predicted molar refractivity (Wildman–Crippen MR) is 96.0 cm³/mol. The molecule has 2 aromatic carbocycles. The van der Waals surface area contributed by atoms with Crippen molar-refractivity contribution < 1.29 is 4.74 Å². The average Bonchev–Trinajstić information content (AvgIpc) is 3.24. The lowest BCUT2D eigenvalue weighted by Crippen LogP contribution is -2.15. The summed E-state index contributed by atoms with van der Waals surface area (Å²) in [6, 6.07) is 19.2. The summed E-state index contributed by atoms with van der Waals surface area (Å²) in [5.74, 6) is 0.627. The third kappa shape index (κ3) is 3.38. The largest absolute Gasteiger partial charge is 0.381 e. The molecule has 1 aliphatic heterocycles. The lowest BCUT2D eigenvalue weighted by atomic mass is 9.94. The van der Waals surface area contributed by atoms with Crippen LogP contribution in [-0.2, 0) is 4.74 Å². The van der Waals surface area contributed by atoms with Crippen molar-refractivity contribution in [1.82, 2.24) is 4.98 Å². The summed E-state index contributed by atoms with van der Waals surface area (Å²) >= 11 is 1.72. The maximum Gasteiger partial charge on any atom is 0.184 e. The number of nitrogens with zero attached hydrogens (tertiary/aromatic N) is 1. The van der Waals surface area contributed by atoms with Crippen LogP contribution in [0, 0.1) is 5.92 Å². The SMILES string of the molecule is c1ccc(C(CC2CCOC2)Nc2nc3ccccc3s2)cc1. The smallest absolute Gasteiger partial charge is 0.184 e. The predicted octanol–water partition coefficient (Wildman–Crippen LogP) is 4.88. The second-order valence-electron chi connectivity index (χ2n) is 6.06. The van der Waals surface area contributed by atoms with E-state index in [0.29, 0.717) is 5.92 Å². The molecule has 2 atom stereocenters. The van der Waals surface area contributed by atoms with E-state index in [1.807, 2.05) is 6.07 Å². The van der Waals surface area contributed by atoms with Gasteiger partial charge in [-0.2, -0.15) is 0 Å². The number of benzene rings is 2. The molecule has 1 fully saturated rings. The molecule has 2 unspecified atom stereocenters. The van der Waals surface area contributed by atoms with Crippen LogP contribution in [0.15, 0.2) is 54.6 Å². The van der Waals surface area contributed by atoms with Gasteiger partial charge < -0.3 is 10.1 Å². The molecule has 23 heavy (non-hydrogen) atoms. The van der Waals surface area contributed by atoms with Crippen molar-refractivity contribution in [3.05, 3.63) is 60.2 Å². The topological polar surface area (TPSA) is 34.1 Å². The minimum Gasteiger partial charge on any atom is -0.381 e. The van der Waals surface area contributed by atoms with E-state index in [-0.39, 0.29) is 6.04 Å². The zero-order valence-electron chi connectivity index (χ0n) is 12.9. The van der Waals surface area contributed by atoms with Crippen LogP contribution >= 0.6 is 11.3 Å². The normalized spacial score (nSPS) is 19.0. The van der Waals surface area contributed by atoms with Gasteiger partial charge in [0.15, 0.2) is 5.13 Å². The Balaban J connectivity index is 1.58. The lowest BCUT2D eigenvalue weighted by molar-refractivity contribution is 0.183. The zero-order valence-corrected chi connectivity index (χ0v) is 13.8. The molecule has 118 valence electrons. The van der Waals surface area contributed by atoms with Crippen LogP contribution in [0.4, 0.5) is 5.13 Å². The summed E-state index contributed by atoms with van der Waals surface area (Å²) in [7, 11) is 0. The van der Waals surface area contributed by atoms with Gasteiger partial charge >= 0.3 is 0 Å². The van der Waals surface area contributed by atoms with E-state index in [9.17, 15) is 0 Å². The number of thiazole rings is 1. The standard InChI is InChI=1S/C19H20N2OS/c1-2-6-15(7-3-1)17(12-14-10-11-22-13-14)21-19-20-16-8-4-5-9-18(16)23-19/h1-9,14,17H,10-13H2,(H,20,21). The molecule has 0 amide bonds. The third-order valence-electron chi connectivity index (χ3n) is 4.39. The number of hydrogen-bond donors (Lipinski definition) is 1. The Hall–Kier alpha value is -1.91. The van der Waals surface area contributed by atoms with Gasteiger partial charge in [0.2, 0.25) is 0 Å². The second-order valence-corrected chi connectivity index (χ2v) is 7.09. The van der Waals surface area contributed by atoms with E-state index < -0.39 is 0 Å². The summed E-state index contributed by atoms with van der Waals surface area (Å²) in [6.07, 6.45) is 2.24. The van der Waals surface area contributed by atoms with Crippen molar-refractivity contribution in [3.63, 3.8) is 0 Å². The molecule has 0 spiro atoms. The van der Waals surface area contributed by atoms with E-state index in [1.54, 1.807) is 11.3 Å². The highest BCUT2D eigenvalue weighted by molar-refractivity contribution is 7.22. The van der Waals surface area contributed by atoms with Crippen LogP contribution in [0.25, 0.3) is 10.2 Å². The van der Waals surface area contributed by atoms with Gasteiger partial charge in [-0.1, -0.05) is 53.8 Å². The fourth-order valence-corrected chi connectivity index (χ4v) is 4.07. The first-order chi connectivity index (χ1) is 11.4. The molecular formula is C19H20N2OS. The van der Waals surface area contributed by atoms with Crippen LogP contribution in [0.5, 0.6) is 0 Å². The number of anilines is 1. The van der Waals surface area contributed by atoms with Crippen molar-refractivity contribution in [2.24, 2.45) is 5.92 Å². The molecule has 1 aliphatic rings. The Morgan fingerprint density at radius 3 is 2.74 bits per heavy atom. The molecule has 3 aromatic rings. The Morgan fingerprint density at radius 1 is 1.13 bits per heavy atom. The van der Waals surface area contributed by atoms with E-state index >= 15 is 0 Å². The molecule has 0 aliphatic carbocycles. The maximum absolute atomic E-state index is 5.55. The van der Waals surface area contributed by atoms with Crippen molar-refractivity contribution in [2.45, 2.75) is 18.9 Å². The highest BCUT2D eigenvalue weighted by atomic mass is 32.1. The minimum atomic E-state index is 0.281. The molecule has 2 heterocycles. The summed E-state index contributed by atoms with van der Waals surface area (Å²) in [5.41, 5.74) is 2.38. The molecule has 4 rings (SSSR count). The number of para-hydroxylation sites is 1. The summed E-state index contributed by atoms with van der Waals surface area (Å²) in [4.78, 5) is 4.73. The molecular weight excluding hydrogens is 304 g/mol. The van der Waals surface area contributed by atoms with E-state index in [1.165, 1.54) is 10.3 Å². The van der Waals surface area contributed by atoms with Crippen molar-refractivity contribution >= 4 is 26.7 Å². The Labute approximate surface area is 140 Å². The summed E-state index contributed by atoms with van der Waals surface area (Å²) < 4.78 is 6.78. The third-order valence-corrected chi connectivity index (χ3v) is 5.35. The van der Waals surface area contributed by atoms with Gasteiger partial charge in [-0.25, -0.2) is 4.98 Å². The molecule has 1 aromatic heterocycles. The van der Waals surface area contributed by atoms with Crippen LogP contribution in [0.1, 0.15) is 24.4 Å². The van der Waals surface area contributed by atoms with Gasteiger partial charge in [-0.3, -0.25) is 0 Å². The first-order valence-corrected chi connectivity index (χ1v) is 8.95. The highest BCUT2D eigenvalue weighted by Gasteiger charge is 2.22. The van der Waals surface area contributed by atoms with Crippen LogP contribution in [0.3, 0.4) is 0 Å². The number of hydrogen-bond acceptors (Lipinski definition) is 4. The highest BCUT2D eigenvalue weighted by Crippen LogP contribution is 2.33. The van der Waals surface area contributed by atoms with E-state index in [4.69, 9.17) is 9.72 Å². The second kappa shape index (κ2) is 6.69.